The number of phosphoric acid groups is 1. The zero-order valence-corrected chi connectivity index (χ0v) is 36.2. The van der Waals surface area contributed by atoms with Crippen LogP contribution >= 0.6 is 7.82 Å². The monoisotopic (exact) mass is 775 g/mol. The van der Waals surface area contributed by atoms with Crippen molar-refractivity contribution in [2.75, 3.05) is 13.2 Å². The van der Waals surface area contributed by atoms with E-state index in [0.717, 1.165) is 50.4 Å². The van der Waals surface area contributed by atoms with Gasteiger partial charge >= 0.3 is 19.8 Å². The van der Waals surface area contributed by atoms with Crippen LogP contribution in [0.4, 0.5) is 0 Å². The van der Waals surface area contributed by atoms with Crippen LogP contribution in [-0.2, 0) is 28.2 Å². The summed E-state index contributed by atoms with van der Waals surface area (Å²) in [6.07, 6.45) is 38.3. The Morgan fingerprint density at radius 3 is 1.02 bits per heavy atom. The van der Waals surface area contributed by atoms with Gasteiger partial charge in [-0.2, -0.15) is 0 Å². The van der Waals surface area contributed by atoms with E-state index in [9.17, 15) is 14.2 Å². The average molecular weight is 775 g/mol. The lowest BCUT2D eigenvalue weighted by Crippen LogP contribution is -2.29. The first-order chi connectivity index (χ1) is 25.5. The van der Waals surface area contributed by atoms with Crippen molar-refractivity contribution >= 4 is 19.8 Å². The minimum atomic E-state index is -4.75. The first-order valence-corrected chi connectivity index (χ1v) is 24.1. The van der Waals surface area contributed by atoms with Crippen molar-refractivity contribution in [1.82, 2.24) is 0 Å². The summed E-state index contributed by atoms with van der Waals surface area (Å²) in [6.45, 7) is 8.41. The molecule has 0 aliphatic rings. The standard InChI is InChI=1S/C44H87O8P/c1-40(2)34-30-26-22-18-14-10-7-5-6-8-12-16-20-24-28-32-36-43(45)50-38-42(39-51-53(47,48)49)52-44(46)37-33-29-25-21-17-13-9-11-15-19-23-27-31-35-41(3)4/h40-42H,5-39H2,1-4H3,(H2,47,48,49)/t42-/m1/s1. The van der Waals surface area contributed by atoms with E-state index >= 15 is 0 Å². The second kappa shape index (κ2) is 37.9. The molecular weight excluding hydrogens is 687 g/mol. The molecule has 53 heavy (non-hydrogen) atoms. The van der Waals surface area contributed by atoms with E-state index in [1.165, 1.54) is 154 Å². The van der Waals surface area contributed by atoms with Crippen molar-refractivity contribution in [1.29, 1.82) is 0 Å². The fraction of sp³-hybridized carbons (Fsp3) is 0.955. The van der Waals surface area contributed by atoms with Gasteiger partial charge in [0.15, 0.2) is 6.10 Å². The fourth-order valence-corrected chi connectivity index (χ4v) is 7.22. The number of hydrogen-bond donors (Lipinski definition) is 2. The second-order valence-electron chi connectivity index (χ2n) is 16.7. The lowest BCUT2D eigenvalue weighted by Gasteiger charge is -2.18. The van der Waals surface area contributed by atoms with Crippen molar-refractivity contribution in [3.05, 3.63) is 0 Å². The Kier molecular flexibility index (Phi) is 37.3. The number of carbonyl (C=O) groups excluding carboxylic acids is 2. The van der Waals surface area contributed by atoms with Gasteiger partial charge in [0.2, 0.25) is 0 Å². The molecule has 0 aromatic heterocycles. The predicted molar refractivity (Wildman–Crippen MR) is 221 cm³/mol. The molecule has 8 nitrogen and oxygen atoms in total. The largest absolute Gasteiger partial charge is 0.469 e. The van der Waals surface area contributed by atoms with Gasteiger partial charge in [-0.3, -0.25) is 14.1 Å². The molecule has 0 heterocycles. The molecule has 0 aromatic carbocycles. The van der Waals surface area contributed by atoms with Gasteiger partial charge in [-0.1, -0.05) is 214 Å². The number of ether oxygens (including phenoxy) is 2. The van der Waals surface area contributed by atoms with Gasteiger partial charge in [-0.05, 0) is 24.7 Å². The van der Waals surface area contributed by atoms with E-state index < -0.39 is 32.5 Å². The quantitative estimate of drug-likeness (QED) is 0.0358. The minimum absolute atomic E-state index is 0.219. The van der Waals surface area contributed by atoms with E-state index in [2.05, 4.69) is 32.2 Å². The Balaban J connectivity index is 3.82. The van der Waals surface area contributed by atoms with Gasteiger partial charge in [0.1, 0.15) is 6.61 Å². The molecule has 0 amide bonds. The molecule has 0 aliphatic heterocycles. The summed E-state index contributed by atoms with van der Waals surface area (Å²) >= 11 is 0. The molecule has 0 unspecified atom stereocenters. The average Bonchev–Trinajstić information content (AvgIpc) is 3.09. The molecule has 0 fully saturated rings. The van der Waals surface area contributed by atoms with Gasteiger partial charge in [0, 0.05) is 12.8 Å². The third-order valence-electron chi connectivity index (χ3n) is 10.2. The Labute approximate surface area is 327 Å². The molecule has 0 rings (SSSR count). The smallest absolute Gasteiger partial charge is 0.462 e. The Morgan fingerprint density at radius 2 is 0.717 bits per heavy atom. The van der Waals surface area contributed by atoms with Crippen LogP contribution in [0.1, 0.15) is 240 Å². The molecule has 0 saturated heterocycles. The van der Waals surface area contributed by atoms with E-state index in [-0.39, 0.29) is 19.4 Å². The molecule has 1 atom stereocenters. The van der Waals surface area contributed by atoms with Crippen LogP contribution in [0.25, 0.3) is 0 Å². The normalized spacial score (nSPS) is 12.5. The van der Waals surface area contributed by atoms with E-state index in [1.54, 1.807) is 0 Å². The number of phosphoric ester groups is 1. The minimum Gasteiger partial charge on any atom is -0.462 e. The third kappa shape index (κ3) is 43.6. The molecule has 0 spiro atoms. The Hall–Kier alpha value is -0.950. The van der Waals surface area contributed by atoms with Crippen LogP contribution in [0, 0.1) is 11.8 Å². The highest BCUT2D eigenvalue weighted by Crippen LogP contribution is 2.36. The first-order valence-electron chi connectivity index (χ1n) is 22.5. The van der Waals surface area contributed by atoms with Crippen LogP contribution < -0.4 is 0 Å². The molecule has 0 aliphatic carbocycles. The van der Waals surface area contributed by atoms with Gasteiger partial charge in [-0.25, -0.2) is 4.57 Å². The van der Waals surface area contributed by atoms with E-state index in [1.807, 2.05) is 0 Å². The van der Waals surface area contributed by atoms with Gasteiger partial charge in [0.25, 0.3) is 0 Å². The van der Waals surface area contributed by atoms with Gasteiger partial charge < -0.3 is 19.3 Å². The van der Waals surface area contributed by atoms with Gasteiger partial charge in [-0.15, -0.1) is 0 Å². The highest BCUT2D eigenvalue weighted by molar-refractivity contribution is 7.46. The SMILES string of the molecule is CC(C)CCCCCCCCCCCCCCCCCCC(=O)OC[C@H](COP(=O)(O)O)OC(=O)CCCCCCCCCCCCCCCC(C)C. The predicted octanol–water partition coefficient (Wildman–Crippen LogP) is 13.7. The van der Waals surface area contributed by atoms with Crippen molar-refractivity contribution < 1.29 is 37.9 Å². The summed E-state index contributed by atoms with van der Waals surface area (Å²) in [5.74, 6) is 0.799. The maximum absolute atomic E-state index is 12.4. The van der Waals surface area contributed by atoms with E-state index in [0.29, 0.717) is 6.42 Å². The number of rotatable bonds is 41. The second-order valence-corrected chi connectivity index (χ2v) is 17.9. The summed E-state index contributed by atoms with van der Waals surface area (Å²) in [6, 6.07) is 0. The van der Waals surface area contributed by atoms with Crippen LogP contribution in [0.2, 0.25) is 0 Å². The summed E-state index contributed by atoms with van der Waals surface area (Å²) in [4.78, 5) is 42.9. The van der Waals surface area contributed by atoms with Crippen molar-refractivity contribution in [3.63, 3.8) is 0 Å². The molecule has 316 valence electrons. The first kappa shape index (κ1) is 52.0. The van der Waals surface area contributed by atoms with Crippen LogP contribution in [0.15, 0.2) is 0 Å². The van der Waals surface area contributed by atoms with Crippen molar-refractivity contribution in [2.24, 2.45) is 11.8 Å². The fourth-order valence-electron chi connectivity index (χ4n) is 6.86. The lowest BCUT2D eigenvalue weighted by atomic mass is 10.0. The van der Waals surface area contributed by atoms with Crippen LogP contribution in [0.5, 0.6) is 0 Å². The lowest BCUT2D eigenvalue weighted by molar-refractivity contribution is -0.161. The Bertz CT molecular complexity index is 858. The zero-order valence-electron chi connectivity index (χ0n) is 35.3. The molecule has 0 saturated carbocycles. The van der Waals surface area contributed by atoms with Gasteiger partial charge in [0.05, 0.1) is 6.61 Å². The summed E-state index contributed by atoms with van der Waals surface area (Å²) in [5.41, 5.74) is 0. The number of esters is 2. The van der Waals surface area contributed by atoms with Crippen molar-refractivity contribution in [2.45, 2.75) is 246 Å². The molecular formula is C44H87O8P. The number of unbranched alkanes of at least 4 members (excludes halogenated alkanes) is 27. The maximum Gasteiger partial charge on any atom is 0.469 e. The number of hydrogen-bond acceptors (Lipinski definition) is 6. The third-order valence-corrected chi connectivity index (χ3v) is 10.7. The zero-order chi connectivity index (χ0) is 39.3. The molecule has 0 aromatic rings. The summed E-state index contributed by atoms with van der Waals surface area (Å²) in [5, 5.41) is 0. The molecule has 9 heteroatoms. The highest BCUT2D eigenvalue weighted by atomic mass is 31.2. The maximum atomic E-state index is 12.4. The highest BCUT2D eigenvalue weighted by Gasteiger charge is 2.23. The molecule has 0 bridgehead atoms. The Morgan fingerprint density at radius 1 is 0.434 bits per heavy atom. The van der Waals surface area contributed by atoms with Crippen molar-refractivity contribution in [3.8, 4) is 0 Å². The number of carbonyl (C=O) groups is 2. The van der Waals surface area contributed by atoms with E-state index in [4.69, 9.17) is 19.3 Å². The van der Waals surface area contributed by atoms with Crippen LogP contribution in [-0.4, -0.2) is 41.0 Å². The summed E-state index contributed by atoms with van der Waals surface area (Å²) < 4.78 is 26.5. The molecule has 0 radical (unpaired) electrons. The summed E-state index contributed by atoms with van der Waals surface area (Å²) in [7, 11) is -4.75. The van der Waals surface area contributed by atoms with Crippen LogP contribution in [0.3, 0.4) is 0 Å². The molecule has 2 N–H and O–H groups in total. The topological polar surface area (TPSA) is 119 Å².